The van der Waals surface area contributed by atoms with Crippen LogP contribution in [0.5, 0.6) is 0 Å². The lowest BCUT2D eigenvalue weighted by Crippen LogP contribution is -2.33. The van der Waals surface area contributed by atoms with E-state index in [2.05, 4.69) is 17.9 Å². The van der Waals surface area contributed by atoms with Gasteiger partial charge in [0.15, 0.2) is 0 Å². The maximum absolute atomic E-state index is 6.43. The molecule has 1 saturated heterocycles. The quantitative estimate of drug-likeness (QED) is 0.906. The summed E-state index contributed by atoms with van der Waals surface area (Å²) in [5.41, 5.74) is 8.22. The molecule has 0 spiro atoms. The van der Waals surface area contributed by atoms with Crippen LogP contribution in [0.4, 0.5) is 5.69 Å². The van der Waals surface area contributed by atoms with Crippen LogP contribution in [0.1, 0.15) is 38.2 Å². The number of benzene rings is 1. The van der Waals surface area contributed by atoms with Crippen molar-refractivity contribution in [2.45, 2.75) is 45.1 Å². The maximum Gasteiger partial charge on any atom is 0.0642 e. The van der Waals surface area contributed by atoms with E-state index in [-0.39, 0.29) is 0 Å². The first-order chi connectivity index (χ1) is 8.74. The Morgan fingerprint density at radius 3 is 2.94 bits per heavy atom. The second kappa shape index (κ2) is 6.44. The fourth-order valence-electron chi connectivity index (χ4n) is 2.85. The fourth-order valence-corrected chi connectivity index (χ4v) is 3.15. The Morgan fingerprint density at radius 1 is 1.33 bits per heavy atom. The largest absolute Gasteiger partial charge is 0.367 e. The zero-order valence-corrected chi connectivity index (χ0v) is 11.9. The number of hydrogen-bond donors (Lipinski definition) is 1. The SMILES string of the molecule is CC1CCCCCN1c1c(Cl)cccc1CCN. The molecule has 1 unspecified atom stereocenters. The molecule has 2 N–H and O–H groups in total. The summed E-state index contributed by atoms with van der Waals surface area (Å²) < 4.78 is 0. The predicted octanol–water partition coefficient (Wildman–Crippen LogP) is 3.61. The molecule has 1 aromatic rings. The van der Waals surface area contributed by atoms with Crippen LogP contribution in [0.15, 0.2) is 18.2 Å². The van der Waals surface area contributed by atoms with Crippen LogP contribution in [-0.4, -0.2) is 19.1 Å². The molecule has 1 atom stereocenters. The molecule has 0 amide bonds. The van der Waals surface area contributed by atoms with Crippen molar-refractivity contribution in [3.05, 3.63) is 28.8 Å². The monoisotopic (exact) mass is 266 g/mol. The minimum atomic E-state index is 0.573. The van der Waals surface area contributed by atoms with E-state index in [1.54, 1.807) is 0 Å². The van der Waals surface area contributed by atoms with Crippen molar-refractivity contribution in [1.82, 2.24) is 0 Å². The number of rotatable bonds is 3. The van der Waals surface area contributed by atoms with E-state index < -0.39 is 0 Å². The molecule has 3 heteroatoms. The van der Waals surface area contributed by atoms with Crippen molar-refractivity contribution in [3.63, 3.8) is 0 Å². The van der Waals surface area contributed by atoms with E-state index in [1.807, 2.05) is 12.1 Å². The lowest BCUT2D eigenvalue weighted by atomic mass is 10.1. The van der Waals surface area contributed by atoms with Crippen molar-refractivity contribution >= 4 is 17.3 Å². The zero-order chi connectivity index (χ0) is 13.0. The van der Waals surface area contributed by atoms with E-state index in [0.717, 1.165) is 18.0 Å². The Balaban J connectivity index is 2.34. The first-order valence-electron chi connectivity index (χ1n) is 6.98. The number of hydrogen-bond acceptors (Lipinski definition) is 2. The minimum absolute atomic E-state index is 0.573. The molecule has 2 rings (SSSR count). The van der Waals surface area contributed by atoms with E-state index in [9.17, 15) is 0 Å². The Kier molecular flexibility index (Phi) is 4.90. The summed E-state index contributed by atoms with van der Waals surface area (Å²) in [4.78, 5) is 2.49. The standard InChI is InChI=1S/C15H23ClN2/c1-12-6-3-2-4-11-18(12)15-13(9-10-17)7-5-8-14(15)16/h5,7-8,12H,2-4,6,9-11,17H2,1H3. The van der Waals surface area contributed by atoms with E-state index in [1.165, 1.54) is 36.9 Å². The average Bonchev–Trinajstić information content (AvgIpc) is 2.55. The van der Waals surface area contributed by atoms with Crippen LogP contribution in [0.25, 0.3) is 0 Å². The van der Waals surface area contributed by atoms with Crippen molar-refractivity contribution in [2.24, 2.45) is 5.73 Å². The topological polar surface area (TPSA) is 29.3 Å². The van der Waals surface area contributed by atoms with Gasteiger partial charge in [0.05, 0.1) is 10.7 Å². The molecule has 2 nitrogen and oxygen atoms in total. The fraction of sp³-hybridized carbons (Fsp3) is 0.600. The number of anilines is 1. The maximum atomic E-state index is 6.43. The summed E-state index contributed by atoms with van der Waals surface area (Å²) in [5.74, 6) is 0. The summed E-state index contributed by atoms with van der Waals surface area (Å²) in [7, 11) is 0. The smallest absolute Gasteiger partial charge is 0.0642 e. The first-order valence-corrected chi connectivity index (χ1v) is 7.36. The van der Waals surface area contributed by atoms with Crippen LogP contribution in [-0.2, 0) is 6.42 Å². The summed E-state index contributed by atoms with van der Waals surface area (Å²) in [5, 5.41) is 0.870. The van der Waals surface area contributed by atoms with Gasteiger partial charge in [0.25, 0.3) is 0 Å². The highest BCUT2D eigenvalue weighted by Crippen LogP contribution is 2.34. The molecule has 18 heavy (non-hydrogen) atoms. The highest BCUT2D eigenvalue weighted by Gasteiger charge is 2.21. The third-order valence-corrected chi connectivity index (χ3v) is 4.13. The highest BCUT2D eigenvalue weighted by molar-refractivity contribution is 6.33. The lowest BCUT2D eigenvalue weighted by Gasteiger charge is -2.32. The molecule has 0 radical (unpaired) electrons. The van der Waals surface area contributed by atoms with Gasteiger partial charge in [0.1, 0.15) is 0 Å². The van der Waals surface area contributed by atoms with Gasteiger partial charge in [-0.1, -0.05) is 36.6 Å². The molecule has 0 aromatic heterocycles. The molecule has 100 valence electrons. The molecule has 0 bridgehead atoms. The van der Waals surface area contributed by atoms with Gasteiger partial charge in [0.2, 0.25) is 0 Å². The normalized spacial score (nSPS) is 20.8. The Labute approximate surface area is 115 Å². The van der Waals surface area contributed by atoms with Crippen LogP contribution < -0.4 is 10.6 Å². The van der Waals surface area contributed by atoms with Crippen molar-refractivity contribution < 1.29 is 0 Å². The van der Waals surface area contributed by atoms with E-state index >= 15 is 0 Å². The Morgan fingerprint density at radius 2 is 2.17 bits per heavy atom. The predicted molar refractivity (Wildman–Crippen MR) is 79.5 cm³/mol. The Hall–Kier alpha value is -0.730. The van der Waals surface area contributed by atoms with Gasteiger partial charge >= 0.3 is 0 Å². The molecule has 1 aliphatic heterocycles. The number of halogens is 1. The van der Waals surface area contributed by atoms with Gasteiger partial charge in [-0.05, 0) is 44.4 Å². The molecule has 1 fully saturated rings. The molecule has 1 heterocycles. The van der Waals surface area contributed by atoms with Crippen LogP contribution in [0.2, 0.25) is 5.02 Å². The van der Waals surface area contributed by atoms with Crippen molar-refractivity contribution in [3.8, 4) is 0 Å². The van der Waals surface area contributed by atoms with Crippen molar-refractivity contribution in [1.29, 1.82) is 0 Å². The molecule has 0 saturated carbocycles. The molecule has 1 aliphatic rings. The molecule has 1 aromatic carbocycles. The number of nitrogens with zero attached hydrogens (tertiary/aromatic N) is 1. The van der Waals surface area contributed by atoms with E-state index in [4.69, 9.17) is 17.3 Å². The van der Waals surface area contributed by atoms with Crippen molar-refractivity contribution in [2.75, 3.05) is 18.0 Å². The summed E-state index contributed by atoms with van der Waals surface area (Å²) in [6, 6.07) is 6.75. The second-order valence-corrected chi connectivity index (χ2v) is 5.59. The summed E-state index contributed by atoms with van der Waals surface area (Å²) in [6.07, 6.45) is 6.08. The third-order valence-electron chi connectivity index (χ3n) is 3.82. The van der Waals surface area contributed by atoms with Crippen LogP contribution in [0.3, 0.4) is 0 Å². The van der Waals surface area contributed by atoms with Gasteiger partial charge in [-0.2, -0.15) is 0 Å². The minimum Gasteiger partial charge on any atom is -0.367 e. The van der Waals surface area contributed by atoms with Gasteiger partial charge < -0.3 is 10.6 Å². The van der Waals surface area contributed by atoms with Gasteiger partial charge in [-0.15, -0.1) is 0 Å². The van der Waals surface area contributed by atoms with Gasteiger partial charge in [0, 0.05) is 12.6 Å². The highest BCUT2D eigenvalue weighted by atomic mass is 35.5. The molecular weight excluding hydrogens is 244 g/mol. The summed E-state index contributed by atoms with van der Waals surface area (Å²) in [6.45, 7) is 4.10. The van der Waals surface area contributed by atoms with E-state index in [0.29, 0.717) is 12.6 Å². The number of nitrogens with two attached hydrogens (primary N) is 1. The average molecular weight is 267 g/mol. The van der Waals surface area contributed by atoms with Gasteiger partial charge in [-0.25, -0.2) is 0 Å². The third kappa shape index (κ3) is 2.99. The second-order valence-electron chi connectivity index (χ2n) is 5.18. The van der Waals surface area contributed by atoms with Crippen LogP contribution >= 0.6 is 11.6 Å². The number of para-hydroxylation sites is 1. The zero-order valence-electron chi connectivity index (χ0n) is 11.2. The molecule has 0 aliphatic carbocycles. The lowest BCUT2D eigenvalue weighted by molar-refractivity contribution is 0.614. The summed E-state index contributed by atoms with van der Waals surface area (Å²) >= 11 is 6.43. The van der Waals surface area contributed by atoms with Crippen LogP contribution in [0, 0.1) is 0 Å². The first kappa shape index (κ1) is 13.7. The molecular formula is C15H23ClN2. The Bertz CT molecular complexity index is 392. The van der Waals surface area contributed by atoms with Gasteiger partial charge in [-0.3, -0.25) is 0 Å².